The first-order valence-electron chi connectivity index (χ1n) is 7.07. The molecule has 12 heteroatoms. The Morgan fingerprint density at radius 2 is 1.21 bits per heavy atom. The first-order valence-corrected chi connectivity index (χ1v) is 7.07. The molecule has 0 amide bonds. The molecule has 2 saturated heterocycles. The summed E-state index contributed by atoms with van der Waals surface area (Å²) in [6.45, 7) is -1.10. The second kappa shape index (κ2) is 8.75. The third-order valence-electron chi connectivity index (χ3n) is 3.96. The van der Waals surface area contributed by atoms with Gasteiger partial charge in [-0.1, -0.05) is 0 Å². The summed E-state index contributed by atoms with van der Waals surface area (Å²) in [7, 11) is 0. The van der Waals surface area contributed by atoms with Crippen molar-refractivity contribution in [1.29, 1.82) is 0 Å². The first kappa shape index (κ1) is 21.6. The highest BCUT2D eigenvalue weighted by atomic mass is 16.7. The van der Waals surface area contributed by atoms with Crippen molar-refractivity contribution in [2.45, 2.75) is 61.4 Å². The summed E-state index contributed by atoms with van der Waals surface area (Å²) >= 11 is 0. The molecule has 0 spiro atoms. The molecule has 2 rings (SSSR count). The number of ether oxygens (including phenoxy) is 3. The molecule has 2 aliphatic rings. The quantitative estimate of drug-likeness (QED) is 0.235. The Labute approximate surface area is 136 Å². The normalized spacial score (nSPS) is 49.5. The van der Waals surface area contributed by atoms with Crippen molar-refractivity contribution in [3.8, 4) is 0 Å². The van der Waals surface area contributed by atoms with Gasteiger partial charge in [-0.15, -0.1) is 0 Å². The third-order valence-corrected chi connectivity index (χ3v) is 3.96. The minimum absolute atomic E-state index is 0. The monoisotopic (exact) mass is 360 g/mol. The Bertz CT molecular complexity index is 381. The van der Waals surface area contributed by atoms with Crippen LogP contribution in [0, 0.1) is 0 Å². The summed E-state index contributed by atoms with van der Waals surface area (Å²) in [5.41, 5.74) is 0. The Balaban J connectivity index is 0.00000288. The summed E-state index contributed by atoms with van der Waals surface area (Å²) in [5.74, 6) is 0. The average Bonchev–Trinajstić information content (AvgIpc) is 2.54. The van der Waals surface area contributed by atoms with E-state index >= 15 is 0 Å². The van der Waals surface area contributed by atoms with Crippen molar-refractivity contribution in [3.63, 3.8) is 0 Å². The highest BCUT2D eigenvalue weighted by Crippen LogP contribution is 2.24. The summed E-state index contributed by atoms with van der Waals surface area (Å²) in [6, 6.07) is 0. The Kier molecular flexibility index (Phi) is 7.86. The number of rotatable bonds is 4. The van der Waals surface area contributed by atoms with Crippen molar-refractivity contribution in [1.82, 2.24) is 0 Å². The molecule has 0 aliphatic carbocycles. The van der Waals surface area contributed by atoms with Gasteiger partial charge in [-0.2, -0.15) is 0 Å². The molecule has 10 atom stereocenters. The van der Waals surface area contributed by atoms with E-state index in [4.69, 9.17) is 19.3 Å². The molecule has 0 aromatic rings. The lowest BCUT2D eigenvalue weighted by atomic mass is 9.98. The highest BCUT2D eigenvalue weighted by molar-refractivity contribution is 4.91. The number of aliphatic hydroxyl groups excluding tert-OH is 8. The van der Waals surface area contributed by atoms with E-state index in [1.807, 2.05) is 0 Å². The topological polar surface area (TPSA) is 221 Å². The van der Waals surface area contributed by atoms with Crippen molar-refractivity contribution >= 4 is 0 Å². The molecule has 12 nitrogen and oxygen atoms in total. The van der Waals surface area contributed by atoms with E-state index in [-0.39, 0.29) is 5.48 Å². The molecule has 0 aromatic carbocycles. The smallest absolute Gasteiger partial charge is 0.186 e. The molecule has 1 unspecified atom stereocenters. The van der Waals surface area contributed by atoms with Crippen LogP contribution in [0.5, 0.6) is 0 Å². The zero-order chi connectivity index (χ0) is 17.3. The predicted octanol–water partition coefficient (Wildman–Crippen LogP) is -6.22. The average molecular weight is 360 g/mol. The maximum Gasteiger partial charge on any atom is 0.186 e. The molecular formula is C12H24O12. The van der Waals surface area contributed by atoms with Gasteiger partial charge in [0, 0.05) is 0 Å². The van der Waals surface area contributed by atoms with Crippen LogP contribution in [0.25, 0.3) is 0 Å². The van der Waals surface area contributed by atoms with Gasteiger partial charge in [0.05, 0.1) is 13.2 Å². The van der Waals surface area contributed by atoms with Crippen LogP contribution in [-0.2, 0) is 14.2 Å². The van der Waals surface area contributed by atoms with Crippen LogP contribution in [0.3, 0.4) is 0 Å². The molecule has 0 radical (unpaired) electrons. The van der Waals surface area contributed by atoms with Crippen LogP contribution >= 0.6 is 0 Å². The highest BCUT2D eigenvalue weighted by Gasteiger charge is 2.46. The predicted molar refractivity (Wildman–Crippen MR) is 72.2 cm³/mol. The number of hydrogen-bond donors (Lipinski definition) is 8. The lowest BCUT2D eigenvalue weighted by Gasteiger charge is -2.41. The molecule has 24 heavy (non-hydrogen) atoms. The first-order chi connectivity index (χ1) is 10.8. The van der Waals surface area contributed by atoms with Crippen LogP contribution in [0.1, 0.15) is 0 Å². The van der Waals surface area contributed by atoms with Crippen LogP contribution in [-0.4, -0.2) is 121 Å². The van der Waals surface area contributed by atoms with Gasteiger partial charge in [0.15, 0.2) is 12.6 Å². The minimum atomic E-state index is -1.74. The maximum absolute atomic E-state index is 9.78. The van der Waals surface area contributed by atoms with E-state index in [0.717, 1.165) is 0 Å². The molecule has 10 N–H and O–H groups in total. The van der Waals surface area contributed by atoms with Gasteiger partial charge in [0.1, 0.15) is 48.8 Å². The molecule has 2 aliphatic heterocycles. The minimum Gasteiger partial charge on any atom is -0.412 e. The van der Waals surface area contributed by atoms with Gasteiger partial charge < -0.3 is 60.5 Å². The van der Waals surface area contributed by atoms with Gasteiger partial charge in [-0.05, 0) is 0 Å². The lowest BCUT2D eigenvalue weighted by Crippen LogP contribution is -2.61. The zero-order valence-corrected chi connectivity index (χ0v) is 12.5. The molecule has 0 bridgehead atoms. The zero-order valence-electron chi connectivity index (χ0n) is 12.5. The van der Waals surface area contributed by atoms with E-state index in [1.165, 1.54) is 0 Å². The van der Waals surface area contributed by atoms with E-state index in [2.05, 4.69) is 0 Å². The van der Waals surface area contributed by atoms with E-state index in [1.54, 1.807) is 0 Å². The molecule has 0 aromatic heterocycles. The molecule has 0 saturated carbocycles. The Hall–Kier alpha value is -0.480. The number of hydrogen-bond acceptors (Lipinski definition) is 11. The molecule has 2 heterocycles. The van der Waals surface area contributed by atoms with Crippen LogP contribution in [0.4, 0.5) is 0 Å². The van der Waals surface area contributed by atoms with Crippen LogP contribution < -0.4 is 0 Å². The largest absolute Gasteiger partial charge is 0.412 e. The maximum atomic E-state index is 9.78. The summed E-state index contributed by atoms with van der Waals surface area (Å²) in [6.07, 6.45) is -15.3. The fourth-order valence-corrected chi connectivity index (χ4v) is 2.46. The van der Waals surface area contributed by atoms with E-state index in [9.17, 15) is 35.7 Å². The van der Waals surface area contributed by atoms with Crippen molar-refractivity contribution < 1.29 is 60.5 Å². The van der Waals surface area contributed by atoms with Crippen molar-refractivity contribution in [2.75, 3.05) is 13.2 Å². The van der Waals surface area contributed by atoms with Gasteiger partial charge in [0.2, 0.25) is 0 Å². The van der Waals surface area contributed by atoms with Gasteiger partial charge in [0.25, 0.3) is 0 Å². The van der Waals surface area contributed by atoms with Gasteiger partial charge in [-0.25, -0.2) is 0 Å². The third kappa shape index (κ3) is 4.19. The summed E-state index contributed by atoms with van der Waals surface area (Å²) in [5, 5.41) is 76.1. The second-order valence-electron chi connectivity index (χ2n) is 5.57. The standard InChI is InChI=1S/C12H22O11.H2O/c13-1-3-5(14)8(17)10(19)12(23-3)21-2-4-6(15)7(16)9(18)11(20)22-4;/h3-20H,1-2H2;1H2/t3-,4?,5+,6-,7+,8+,9-,10-,11-,12+;/m0./s1. The Morgan fingerprint density at radius 1 is 0.667 bits per heavy atom. The van der Waals surface area contributed by atoms with Gasteiger partial charge >= 0.3 is 0 Å². The Morgan fingerprint density at radius 3 is 1.79 bits per heavy atom. The fourth-order valence-electron chi connectivity index (χ4n) is 2.46. The van der Waals surface area contributed by atoms with E-state index < -0.39 is 74.6 Å². The molecule has 144 valence electrons. The van der Waals surface area contributed by atoms with Crippen molar-refractivity contribution in [3.05, 3.63) is 0 Å². The fraction of sp³-hybridized carbons (Fsp3) is 1.00. The summed E-state index contributed by atoms with van der Waals surface area (Å²) in [4.78, 5) is 0. The second-order valence-corrected chi connectivity index (χ2v) is 5.57. The van der Waals surface area contributed by atoms with Crippen LogP contribution in [0.15, 0.2) is 0 Å². The van der Waals surface area contributed by atoms with Crippen molar-refractivity contribution in [2.24, 2.45) is 0 Å². The molecular weight excluding hydrogens is 336 g/mol. The number of aliphatic hydroxyl groups is 8. The summed E-state index contributed by atoms with van der Waals surface area (Å²) < 4.78 is 15.1. The van der Waals surface area contributed by atoms with E-state index in [0.29, 0.717) is 0 Å². The van der Waals surface area contributed by atoms with Crippen LogP contribution in [0.2, 0.25) is 0 Å². The molecule has 2 fully saturated rings. The lowest BCUT2D eigenvalue weighted by molar-refractivity contribution is -0.325. The SMILES string of the molecule is O.OC[C@@H]1O[C@@H](OCC2O[C@H](O)[C@@H](O)[C@H](O)[C@H]2O)[C@@H](O)[C@H](O)[C@@H]1O. The van der Waals surface area contributed by atoms with Gasteiger partial charge in [-0.3, -0.25) is 0 Å².